The van der Waals surface area contributed by atoms with Crippen molar-refractivity contribution in [2.75, 3.05) is 0 Å². The average Bonchev–Trinajstić information content (AvgIpc) is 3.10. The van der Waals surface area contributed by atoms with Gasteiger partial charge in [0, 0.05) is 0 Å². The Hall–Kier alpha value is 0.124. The Labute approximate surface area is 155 Å². The third-order valence-electron chi connectivity index (χ3n) is 4.39. The molecular formula is C19H30Cl2Ti. The van der Waals surface area contributed by atoms with Crippen molar-refractivity contribution in [3.8, 4) is 0 Å². The van der Waals surface area contributed by atoms with Crippen LogP contribution >= 0.6 is 24.8 Å². The van der Waals surface area contributed by atoms with Gasteiger partial charge in [0.25, 0.3) is 0 Å². The molecule has 0 saturated heterocycles. The third kappa shape index (κ3) is 5.64. The summed E-state index contributed by atoms with van der Waals surface area (Å²) in [5, 5.41) is 0. The van der Waals surface area contributed by atoms with E-state index in [1.54, 1.807) is 18.9 Å². The van der Waals surface area contributed by atoms with Gasteiger partial charge in [0.05, 0.1) is 0 Å². The van der Waals surface area contributed by atoms with Crippen LogP contribution in [0.4, 0.5) is 0 Å². The summed E-state index contributed by atoms with van der Waals surface area (Å²) < 4.78 is 3.51. The molecular weight excluding hydrogens is 347 g/mol. The molecule has 22 heavy (non-hydrogen) atoms. The molecule has 0 bridgehead atoms. The fraction of sp³-hybridized carbons (Fsp3) is 0.526. The van der Waals surface area contributed by atoms with Crippen LogP contribution in [-0.2, 0) is 17.4 Å². The molecule has 0 heterocycles. The van der Waals surface area contributed by atoms with Crippen LogP contribution in [-0.4, -0.2) is 4.82 Å². The summed E-state index contributed by atoms with van der Waals surface area (Å²) >= 11 is -1.43. The minimum atomic E-state index is -1.43. The maximum atomic E-state index is 4.69. The summed E-state index contributed by atoms with van der Waals surface area (Å²) in [7, 11) is 0. The van der Waals surface area contributed by atoms with E-state index in [-0.39, 0.29) is 24.8 Å². The molecule has 0 saturated carbocycles. The first kappa shape index (κ1) is 22.1. The Morgan fingerprint density at radius 1 is 0.864 bits per heavy atom. The average molecular weight is 377 g/mol. The van der Waals surface area contributed by atoms with Crippen molar-refractivity contribution in [3.05, 3.63) is 43.2 Å². The van der Waals surface area contributed by atoms with E-state index in [2.05, 4.69) is 43.0 Å². The van der Waals surface area contributed by atoms with Crippen molar-refractivity contribution >= 4 is 29.6 Å². The Morgan fingerprint density at radius 2 is 1.27 bits per heavy atom. The molecule has 3 heteroatoms. The molecule has 0 spiro atoms. The predicted octanol–water partition coefficient (Wildman–Crippen LogP) is 6.69. The second-order valence-corrected chi connectivity index (χ2v) is 9.29. The second kappa shape index (κ2) is 11.6. The van der Waals surface area contributed by atoms with Gasteiger partial charge in [0.1, 0.15) is 0 Å². The monoisotopic (exact) mass is 376 g/mol. The van der Waals surface area contributed by atoms with Crippen LogP contribution in [0.1, 0.15) is 65.2 Å². The van der Waals surface area contributed by atoms with E-state index in [9.17, 15) is 0 Å². The normalized spacial score (nSPS) is 16.1. The Bertz CT molecular complexity index is 452. The summed E-state index contributed by atoms with van der Waals surface area (Å²) in [4.78, 5) is 4.69. The molecule has 0 aliphatic heterocycles. The Kier molecular flexibility index (Phi) is 11.7. The maximum absolute atomic E-state index is 4.69. The van der Waals surface area contributed by atoms with Gasteiger partial charge in [-0.05, 0) is 0 Å². The first-order chi connectivity index (χ1) is 9.77. The molecule has 0 atom stereocenters. The molecule has 0 amide bonds. The fourth-order valence-electron chi connectivity index (χ4n) is 3.12. The zero-order valence-electron chi connectivity index (χ0n) is 14.0. The first-order valence-corrected chi connectivity index (χ1v) is 10.9. The second-order valence-electron chi connectivity index (χ2n) is 5.91. The zero-order valence-corrected chi connectivity index (χ0v) is 17.2. The molecule has 124 valence electrons. The van der Waals surface area contributed by atoms with Gasteiger partial charge >= 0.3 is 131 Å². The SMILES string of the molecule is Cl.Cl.[CH2]=[Ti]([C]1=C(CCCC)C=CC1)[C]1=C(CCCC)C=CC1. The molecule has 2 aliphatic rings. The summed E-state index contributed by atoms with van der Waals surface area (Å²) in [5.41, 5.74) is 3.29. The van der Waals surface area contributed by atoms with Gasteiger partial charge in [-0.25, -0.2) is 0 Å². The van der Waals surface area contributed by atoms with Crippen molar-refractivity contribution in [1.82, 2.24) is 0 Å². The summed E-state index contributed by atoms with van der Waals surface area (Å²) in [5.74, 6) is 0. The number of hydrogen-bond donors (Lipinski definition) is 0. The first-order valence-electron chi connectivity index (χ1n) is 8.24. The predicted molar refractivity (Wildman–Crippen MR) is 102 cm³/mol. The molecule has 0 aromatic rings. The number of unbranched alkanes of at least 4 members (excludes halogenated alkanes) is 2. The minimum absolute atomic E-state index is 0. The summed E-state index contributed by atoms with van der Waals surface area (Å²) in [6.07, 6.45) is 19.7. The molecule has 0 nitrogen and oxygen atoms in total. The van der Waals surface area contributed by atoms with Gasteiger partial charge in [-0.15, -0.1) is 24.8 Å². The van der Waals surface area contributed by atoms with Gasteiger partial charge in [-0.3, -0.25) is 0 Å². The van der Waals surface area contributed by atoms with Crippen molar-refractivity contribution < 1.29 is 17.4 Å². The van der Waals surface area contributed by atoms with E-state index in [4.69, 9.17) is 0 Å². The number of allylic oxidation sites excluding steroid dienone is 8. The topological polar surface area (TPSA) is 0 Å². The van der Waals surface area contributed by atoms with Crippen molar-refractivity contribution in [2.45, 2.75) is 65.2 Å². The van der Waals surface area contributed by atoms with E-state index < -0.39 is 17.4 Å². The van der Waals surface area contributed by atoms with Crippen molar-refractivity contribution in [3.63, 3.8) is 0 Å². The van der Waals surface area contributed by atoms with Crippen molar-refractivity contribution in [1.29, 1.82) is 0 Å². The van der Waals surface area contributed by atoms with Crippen LogP contribution in [0.25, 0.3) is 0 Å². The number of hydrogen-bond acceptors (Lipinski definition) is 0. The van der Waals surface area contributed by atoms with E-state index in [1.165, 1.54) is 51.4 Å². The molecule has 0 fully saturated rings. The molecule has 0 aromatic carbocycles. The van der Waals surface area contributed by atoms with Gasteiger partial charge < -0.3 is 0 Å². The number of rotatable bonds is 8. The van der Waals surface area contributed by atoms with Crippen LogP contribution < -0.4 is 0 Å². The fourth-order valence-corrected chi connectivity index (χ4v) is 6.69. The van der Waals surface area contributed by atoms with E-state index in [0.717, 1.165) is 0 Å². The van der Waals surface area contributed by atoms with Crippen LogP contribution in [0.5, 0.6) is 0 Å². The Morgan fingerprint density at radius 3 is 1.64 bits per heavy atom. The van der Waals surface area contributed by atoms with Crippen LogP contribution in [0, 0.1) is 0 Å². The summed E-state index contributed by atoms with van der Waals surface area (Å²) in [6, 6.07) is 0. The van der Waals surface area contributed by atoms with Crippen LogP contribution in [0.3, 0.4) is 0 Å². The van der Waals surface area contributed by atoms with Gasteiger partial charge in [-0.2, -0.15) is 0 Å². The molecule has 0 unspecified atom stereocenters. The summed E-state index contributed by atoms with van der Waals surface area (Å²) in [6.45, 7) is 4.57. The molecule has 2 aliphatic carbocycles. The quantitative estimate of drug-likeness (QED) is 0.414. The molecule has 0 aromatic heterocycles. The van der Waals surface area contributed by atoms with Crippen LogP contribution in [0.15, 0.2) is 43.2 Å². The van der Waals surface area contributed by atoms with Gasteiger partial charge in [0.2, 0.25) is 0 Å². The van der Waals surface area contributed by atoms with Gasteiger partial charge in [-0.1, -0.05) is 0 Å². The third-order valence-corrected chi connectivity index (χ3v) is 8.30. The zero-order chi connectivity index (χ0) is 14.4. The Balaban J connectivity index is 0.00000220. The number of halogens is 2. The van der Waals surface area contributed by atoms with Crippen LogP contribution in [0.2, 0.25) is 0 Å². The molecule has 0 radical (unpaired) electrons. The van der Waals surface area contributed by atoms with E-state index in [1.807, 2.05) is 0 Å². The van der Waals surface area contributed by atoms with E-state index >= 15 is 0 Å². The van der Waals surface area contributed by atoms with Crippen molar-refractivity contribution in [2.24, 2.45) is 0 Å². The molecule has 2 rings (SSSR count). The van der Waals surface area contributed by atoms with Gasteiger partial charge in [0.15, 0.2) is 0 Å². The van der Waals surface area contributed by atoms with E-state index in [0.29, 0.717) is 0 Å². The standard InChI is InChI=1S/2C9H13.CH2.2ClH.Ti/c2*1-2-3-6-9-7-4-5-8-9;;;;/h2*4,7H,2-3,5-6H2,1H3;1H2;2*1H;. The molecule has 0 N–H and O–H groups in total.